The summed E-state index contributed by atoms with van der Waals surface area (Å²) in [7, 11) is 0. The van der Waals surface area contributed by atoms with Crippen molar-refractivity contribution in [2.75, 3.05) is 31.6 Å². The van der Waals surface area contributed by atoms with Gasteiger partial charge in [0.25, 0.3) is 0 Å². The summed E-state index contributed by atoms with van der Waals surface area (Å²) in [6.45, 7) is 3.76. The number of piperidine rings is 1. The first-order valence-corrected chi connectivity index (χ1v) is 7.17. The van der Waals surface area contributed by atoms with E-state index in [0.717, 1.165) is 19.6 Å². The molecule has 0 aliphatic carbocycles. The molecule has 20 heavy (non-hydrogen) atoms. The summed E-state index contributed by atoms with van der Waals surface area (Å²) in [5, 5.41) is 11.3. The van der Waals surface area contributed by atoms with Crippen molar-refractivity contribution in [3.63, 3.8) is 0 Å². The van der Waals surface area contributed by atoms with E-state index in [0.29, 0.717) is 23.1 Å². The first-order valence-electron chi connectivity index (χ1n) is 6.80. The number of hydrogen-bond acceptors (Lipinski definition) is 3. The second-order valence-corrected chi connectivity index (χ2v) is 5.23. The van der Waals surface area contributed by atoms with E-state index in [2.05, 4.69) is 10.2 Å². The van der Waals surface area contributed by atoms with Gasteiger partial charge in [-0.15, -0.1) is 0 Å². The van der Waals surface area contributed by atoms with Crippen molar-refractivity contribution in [2.45, 2.75) is 19.3 Å². The molecule has 0 unspecified atom stereocenters. The van der Waals surface area contributed by atoms with Gasteiger partial charge in [0.15, 0.2) is 0 Å². The second-order valence-electron chi connectivity index (χ2n) is 4.83. The molecule has 1 amide bonds. The lowest BCUT2D eigenvalue weighted by atomic mass is 10.1. The monoisotopic (exact) mass is 298 g/mol. The fourth-order valence-electron chi connectivity index (χ4n) is 2.29. The highest BCUT2D eigenvalue weighted by Crippen LogP contribution is 2.27. The summed E-state index contributed by atoms with van der Waals surface area (Å²) in [5.41, 5.74) is 0.436. The largest absolute Gasteiger partial charge is 0.491 e. The first-order chi connectivity index (χ1) is 9.65. The van der Waals surface area contributed by atoms with Crippen LogP contribution in [0.15, 0.2) is 18.2 Å². The molecule has 1 aromatic rings. The minimum atomic E-state index is -1.11. The lowest BCUT2D eigenvalue weighted by Gasteiger charge is -2.26. The fraction of sp³-hybridized carbons (Fsp3) is 0.500. The molecule has 1 fully saturated rings. The van der Waals surface area contributed by atoms with Crippen LogP contribution in [0, 0.1) is 0 Å². The smallest absolute Gasteiger partial charge is 0.409 e. The molecule has 0 saturated carbocycles. The molecule has 1 heterocycles. The predicted molar refractivity (Wildman–Crippen MR) is 78.9 cm³/mol. The number of rotatable bonds is 5. The quantitative estimate of drug-likeness (QED) is 0.875. The summed E-state index contributed by atoms with van der Waals surface area (Å²) < 4.78 is 5.65. The maximum Gasteiger partial charge on any atom is 0.409 e. The average Bonchev–Trinajstić information content (AvgIpc) is 2.42. The van der Waals surface area contributed by atoms with Crippen molar-refractivity contribution >= 4 is 23.4 Å². The van der Waals surface area contributed by atoms with Crippen LogP contribution < -0.4 is 10.1 Å². The Hall–Kier alpha value is -1.46. The third kappa shape index (κ3) is 4.58. The third-order valence-corrected chi connectivity index (χ3v) is 3.59. The van der Waals surface area contributed by atoms with Crippen molar-refractivity contribution in [3.8, 4) is 5.75 Å². The lowest BCUT2D eigenvalue weighted by molar-refractivity contribution is 0.183. The molecule has 1 aliphatic rings. The number of hydrogen-bond donors (Lipinski definition) is 2. The molecule has 2 rings (SSSR count). The topological polar surface area (TPSA) is 61.8 Å². The molecule has 2 N–H and O–H groups in total. The van der Waals surface area contributed by atoms with Crippen LogP contribution in [0.4, 0.5) is 10.5 Å². The number of benzene rings is 1. The Morgan fingerprint density at radius 3 is 2.75 bits per heavy atom. The second kappa shape index (κ2) is 7.36. The Labute approximate surface area is 123 Å². The highest BCUT2D eigenvalue weighted by Gasteiger charge is 2.10. The lowest BCUT2D eigenvalue weighted by Crippen LogP contribution is -2.33. The SMILES string of the molecule is O=C(O)Nc1ccc(OCCN2CCCCC2)c(Cl)c1. The zero-order chi connectivity index (χ0) is 14.4. The average molecular weight is 299 g/mol. The van der Waals surface area contributed by atoms with Crippen LogP contribution in [-0.4, -0.2) is 42.3 Å². The zero-order valence-corrected chi connectivity index (χ0v) is 12.0. The summed E-state index contributed by atoms with van der Waals surface area (Å²) in [6.07, 6.45) is 2.73. The van der Waals surface area contributed by atoms with Crippen LogP contribution in [0.1, 0.15) is 19.3 Å². The molecule has 0 spiro atoms. The molecule has 0 radical (unpaired) electrons. The highest BCUT2D eigenvalue weighted by molar-refractivity contribution is 6.32. The Kier molecular flexibility index (Phi) is 5.49. The molecule has 0 aromatic heterocycles. The van der Waals surface area contributed by atoms with Gasteiger partial charge in [-0.1, -0.05) is 18.0 Å². The van der Waals surface area contributed by atoms with E-state index in [1.54, 1.807) is 18.2 Å². The van der Waals surface area contributed by atoms with Gasteiger partial charge in [-0.3, -0.25) is 10.2 Å². The van der Waals surface area contributed by atoms with E-state index < -0.39 is 6.09 Å². The Morgan fingerprint density at radius 1 is 1.35 bits per heavy atom. The zero-order valence-electron chi connectivity index (χ0n) is 11.3. The van der Waals surface area contributed by atoms with Crippen LogP contribution in [0.5, 0.6) is 5.75 Å². The first kappa shape index (κ1) is 14.9. The summed E-state index contributed by atoms with van der Waals surface area (Å²) in [6, 6.07) is 4.87. The normalized spacial score (nSPS) is 15.8. The van der Waals surface area contributed by atoms with Crippen LogP contribution in [0.25, 0.3) is 0 Å². The van der Waals surface area contributed by atoms with Crippen LogP contribution >= 0.6 is 11.6 Å². The molecule has 5 nitrogen and oxygen atoms in total. The molecule has 1 aromatic carbocycles. The summed E-state index contributed by atoms with van der Waals surface area (Å²) >= 11 is 6.06. The van der Waals surface area contributed by atoms with Crippen molar-refractivity contribution in [2.24, 2.45) is 0 Å². The maximum atomic E-state index is 10.5. The van der Waals surface area contributed by atoms with Gasteiger partial charge in [0.05, 0.1) is 5.02 Å². The minimum Gasteiger partial charge on any atom is -0.491 e. The van der Waals surface area contributed by atoms with Crippen molar-refractivity contribution in [1.82, 2.24) is 4.90 Å². The molecular weight excluding hydrogens is 280 g/mol. The van der Waals surface area contributed by atoms with Crippen LogP contribution in [0.2, 0.25) is 5.02 Å². The number of amides is 1. The molecule has 1 aliphatic heterocycles. The Morgan fingerprint density at radius 2 is 2.10 bits per heavy atom. The minimum absolute atomic E-state index is 0.412. The molecule has 110 valence electrons. The van der Waals surface area contributed by atoms with E-state index in [1.165, 1.54) is 19.3 Å². The molecule has 0 atom stereocenters. The van der Waals surface area contributed by atoms with Crippen molar-refractivity contribution in [3.05, 3.63) is 23.2 Å². The number of ether oxygens (including phenoxy) is 1. The van der Waals surface area contributed by atoms with Gasteiger partial charge in [0, 0.05) is 12.2 Å². The van der Waals surface area contributed by atoms with E-state index in [-0.39, 0.29) is 0 Å². The van der Waals surface area contributed by atoms with E-state index in [4.69, 9.17) is 21.4 Å². The van der Waals surface area contributed by atoms with Gasteiger partial charge >= 0.3 is 6.09 Å². The number of carboxylic acid groups (broad SMARTS) is 1. The van der Waals surface area contributed by atoms with Gasteiger partial charge < -0.3 is 9.84 Å². The third-order valence-electron chi connectivity index (χ3n) is 3.30. The van der Waals surface area contributed by atoms with Gasteiger partial charge in [-0.05, 0) is 44.1 Å². The van der Waals surface area contributed by atoms with Gasteiger partial charge in [0.2, 0.25) is 0 Å². The predicted octanol–water partition coefficient (Wildman–Crippen LogP) is 3.29. The molecule has 0 bridgehead atoms. The molecule has 6 heteroatoms. The van der Waals surface area contributed by atoms with Gasteiger partial charge in [-0.2, -0.15) is 0 Å². The number of halogens is 1. The van der Waals surface area contributed by atoms with Gasteiger partial charge in [-0.25, -0.2) is 4.79 Å². The standard InChI is InChI=1S/C14H19ClN2O3/c15-12-10-11(16-14(18)19)4-5-13(12)20-9-8-17-6-2-1-3-7-17/h4-5,10,16H,1-3,6-9H2,(H,18,19). The highest BCUT2D eigenvalue weighted by atomic mass is 35.5. The number of anilines is 1. The maximum absolute atomic E-state index is 10.5. The number of nitrogens with zero attached hydrogens (tertiary/aromatic N) is 1. The van der Waals surface area contributed by atoms with Crippen molar-refractivity contribution < 1.29 is 14.6 Å². The van der Waals surface area contributed by atoms with E-state index in [9.17, 15) is 4.79 Å². The fourth-order valence-corrected chi connectivity index (χ4v) is 2.52. The van der Waals surface area contributed by atoms with Crippen molar-refractivity contribution in [1.29, 1.82) is 0 Å². The molecular formula is C14H19ClN2O3. The van der Waals surface area contributed by atoms with E-state index >= 15 is 0 Å². The Bertz CT molecular complexity index is 462. The Balaban J connectivity index is 1.81. The summed E-state index contributed by atoms with van der Waals surface area (Å²) in [4.78, 5) is 12.9. The molecule has 1 saturated heterocycles. The van der Waals surface area contributed by atoms with E-state index in [1.807, 2.05) is 0 Å². The van der Waals surface area contributed by atoms with Crippen LogP contribution in [0.3, 0.4) is 0 Å². The number of nitrogens with one attached hydrogen (secondary N) is 1. The number of likely N-dealkylation sites (tertiary alicyclic amines) is 1. The number of carbonyl (C=O) groups is 1. The summed E-state index contributed by atoms with van der Waals surface area (Å²) in [5.74, 6) is 0.583. The van der Waals surface area contributed by atoms with Crippen LogP contribution in [-0.2, 0) is 0 Å². The van der Waals surface area contributed by atoms with Gasteiger partial charge in [0.1, 0.15) is 12.4 Å².